The largest absolute Gasteiger partial charge is 0.456 e. The molecule has 0 aliphatic carbocycles. The van der Waals surface area contributed by atoms with Gasteiger partial charge in [0, 0.05) is 27.4 Å². The highest BCUT2D eigenvalue weighted by atomic mass is 16.3. The Morgan fingerprint density at radius 3 is 1.93 bits per heavy atom. The number of benzene rings is 8. The molecule has 8 aromatic carbocycles. The molecule has 6 heteroatoms. The van der Waals surface area contributed by atoms with Gasteiger partial charge in [-0.05, 0) is 102 Å². The summed E-state index contributed by atoms with van der Waals surface area (Å²) in [5.74, 6) is 0.883. The molecule has 12 aromatic rings. The maximum absolute atomic E-state index is 6.42. The Morgan fingerprint density at radius 1 is 0.436 bits per heavy atom. The molecule has 1 N–H and O–H groups in total. The number of nitrogens with one attached hydrogen (secondary N) is 1. The number of rotatable bonds is 5. The number of furan rings is 2. The van der Waals surface area contributed by atoms with Gasteiger partial charge in [-0.15, -0.1) is 0 Å². The highest BCUT2D eigenvalue weighted by molar-refractivity contribution is 6.14. The van der Waals surface area contributed by atoms with E-state index in [9.17, 15) is 0 Å². The van der Waals surface area contributed by atoms with Crippen molar-refractivity contribution in [1.82, 2.24) is 14.0 Å². The Kier molecular flexibility index (Phi) is 6.24. The standard InChI is InChI=1S/C49H30N4O2/c1-2-11-30(12-3-1)34-13-4-5-14-38(34)50-40-16-10-20-47-48(40)37-28-32(22-25-46(37)55-47)31-21-24-44-35(27-31)36-29-33(23-26-45(36)54-44)52-42-18-8-9-19-43(42)53-41-17-7-6-15-39(41)51-49(52)53/h1-29,50H. The maximum Gasteiger partial charge on any atom is 0.220 e. The van der Waals surface area contributed by atoms with Gasteiger partial charge in [-0.3, -0.25) is 8.97 Å². The zero-order valence-electron chi connectivity index (χ0n) is 29.4. The van der Waals surface area contributed by atoms with Gasteiger partial charge in [0.15, 0.2) is 0 Å². The van der Waals surface area contributed by atoms with Crippen LogP contribution in [-0.4, -0.2) is 14.0 Å². The Labute approximate surface area is 314 Å². The zero-order valence-corrected chi connectivity index (χ0v) is 29.4. The van der Waals surface area contributed by atoms with Crippen LogP contribution in [0.1, 0.15) is 0 Å². The first-order valence-electron chi connectivity index (χ1n) is 18.5. The molecular formula is C49H30N4O2. The number of fused-ring (bicyclic) bond motifs is 11. The fourth-order valence-electron chi connectivity index (χ4n) is 8.41. The van der Waals surface area contributed by atoms with Crippen LogP contribution in [0.2, 0.25) is 0 Å². The first-order chi connectivity index (χ1) is 27.2. The smallest absolute Gasteiger partial charge is 0.220 e. The molecule has 0 aliphatic rings. The molecule has 0 saturated carbocycles. The molecule has 0 amide bonds. The lowest BCUT2D eigenvalue weighted by Crippen LogP contribution is -1.94. The van der Waals surface area contributed by atoms with E-state index < -0.39 is 0 Å². The van der Waals surface area contributed by atoms with E-state index >= 15 is 0 Å². The van der Waals surface area contributed by atoms with Gasteiger partial charge in [0.1, 0.15) is 22.3 Å². The molecule has 4 aromatic heterocycles. The Balaban J connectivity index is 0.990. The van der Waals surface area contributed by atoms with E-state index in [2.05, 4.69) is 166 Å². The lowest BCUT2D eigenvalue weighted by molar-refractivity contribution is 0.668. The van der Waals surface area contributed by atoms with Crippen LogP contribution in [-0.2, 0) is 0 Å². The molecule has 0 fully saturated rings. The van der Waals surface area contributed by atoms with E-state index in [1.807, 2.05) is 24.3 Å². The highest BCUT2D eigenvalue weighted by Crippen LogP contribution is 2.41. The van der Waals surface area contributed by atoms with Gasteiger partial charge >= 0.3 is 0 Å². The number of para-hydroxylation sites is 5. The van der Waals surface area contributed by atoms with Gasteiger partial charge in [0.05, 0.1) is 38.8 Å². The summed E-state index contributed by atoms with van der Waals surface area (Å²) in [5.41, 5.74) is 15.2. The normalized spacial score (nSPS) is 12.0. The van der Waals surface area contributed by atoms with E-state index in [-0.39, 0.29) is 0 Å². The quantitative estimate of drug-likeness (QED) is 0.194. The molecule has 55 heavy (non-hydrogen) atoms. The van der Waals surface area contributed by atoms with Crippen LogP contribution in [0.5, 0.6) is 0 Å². The summed E-state index contributed by atoms with van der Waals surface area (Å²) >= 11 is 0. The minimum absolute atomic E-state index is 0.843. The second-order valence-corrected chi connectivity index (χ2v) is 14.1. The first-order valence-corrected chi connectivity index (χ1v) is 18.5. The maximum atomic E-state index is 6.42. The van der Waals surface area contributed by atoms with E-state index in [1.165, 1.54) is 0 Å². The second-order valence-electron chi connectivity index (χ2n) is 14.1. The fourth-order valence-corrected chi connectivity index (χ4v) is 8.41. The summed E-state index contributed by atoms with van der Waals surface area (Å²) in [5, 5.41) is 7.99. The van der Waals surface area contributed by atoms with Crippen molar-refractivity contribution in [3.8, 4) is 27.9 Å². The monoisotopic (exact) mass is 706 g/mol. The molecular weight excluding hydrogens is 677 g/mol. The molecule has 12 rings (SSSR count). The predicted octanol–water partition coefficient (Wildman–Crippen LogP) is 13.3. The van der Waals surface area contributed by atoms with Crippen molar-refractivity contribution in [3.05, 3.63) is 176 Å². The van der Waals surface area contributed by atoms with Crippen LogP contribution in [0.15, 0.2) is 185 Å². The molecule has 0 radical (unpaired) electrons. The zero-order chi connectivity index (χ0) is 36.0. The number of hydrogen-bond acceptors (Lipinski definition) is 4. The molecule has 0 aliphatic heterocycles. The predicted molar refractivity (Wildman–Crippen MR) is 225 cm³/mol. The van der Waals surface area contributed by atoms with Crippen LogP contribution in [0.4, 0.5) is 11.4 Å². The number of imidazole rings is 2. The minimum Gasteiger partial charge on any atom is -0.456 e. The first kappa shape index (κ1) is 29.9. The second kappa shape index (κ2) is 11.5. The number of nitrogens with zero attached hydrogens (tertiary/aromatic N) is 3. The summed E-state index contributed by atoms with van der Waals surface area (Å²) in [6, 6.07) is 61.3. The van der Waals surface area contributed by atoms with Crippen LogP contribution in [0.25, 0.3) is 99.7 Å². The molecule has 0 unspecified atom stereocenters. The molecule has 0 saturated heterocycles. The van der Waals surface area contributed by atoms with Crippen molar-refractivity contribution in [2.45, 2.75) is 0 Å². The van der Waals surface area contributed by atoms with E-state index in [1.54, 1.807) is 0 Å². The van der Waals surface area contributed by atoms with Gasteiger partial charge in [-0.1, -0.05) is 91.0 Å². The van der Waals surface area contributed by atoms with Crippen LogP contribution in [0.3, 0.4) is 0 Å². The van der Waals surface area contributed by atoms with Crippen molar-refractivity contribution >= 4 is 83.1 Å². The summed E-state index contributed by atoms with van der Waals surface area (Å²) < 4.78 is 17.3. The van der Waals surface area contributed by atoms with Crippen molar-refractivity contribution in [2.75, 3.05) is 5.32 Å². The number of hydrogen-bond donors (Lipinski definition) is 1. The highest BCUT2D eigenvalue weighted by Gasteiger charge is 2.19. The SMILES string of the molecule is c1ccc(-c2ccccc2Nc2cccc3oc4ccc(-c5ccc6oc7ccc(-n8c9ccccc9n9c%10ccccc%10nc89)cc7c6c5)cc4c23)cc1. The van der Waals surface area contributed by atoms with Crippen LogP contribution in [0, 0.1) is 0 Å². The van der Waals surface area contributed by atoms with Gasteiger partial charge in [0.2, 0.25) is 5.78 Å². The molecule has 0 atom stereocenters. The third kappa shape index (κ3) is 4.52. The third-order valence-electron chi connectivity index (χ3n) is 10.9. The Bertz CT molecular complexity index is 3470. The molecule has 6 nitrogen and oxygen atoms in total. The van der Waals surface area contributed by atoms with E-state index in [4.69, 9.17) is 13.8 Å². The summed E-state index contributed by atoms with van der Waals surface area (Å²) in [6.07, 6.45) is 0. The summed E-state index contributed by atoms with van der Waals surface area (Å²) in [4.78, 5) is 5.09. The number of anilines is 2. The van der Waals surface area contributed by atoms with Crippen LogP contribution < -0.4 is 5.32 Å². The van der Waals surface area contributed by atoms with E-state index in [0.717, 1.165) is 111 Å². The van der Waals surface area contributed by atoms with Gasteiger partial charge in [0.25, 0.3) is 0 Å². The molecule has 4 heterocycles. The minimum atomic E-state index is 0.843. The average molecular weight is 707 g/mol. The van der Waals surface area contributed by atoms with Gasteiger partial charge in [-0.2, -0.15) is 0 Å². The summed E-state index contributed by atoms with van der Waals surface area (Å²) in [6.45, 7) is 0. The summed E-state index contributed by atoms with van der Waals surface area (Å²) in [7, 11) is 0. The van der Waals surface area contributed by atoms with Crippen molar-refractivity contribution in [3.63, 3.8) is 0 Å². The van der Waals surface area contributed by atoms with Crippen molar-refractivity contribution in [1.29, 1.82) is 0 Å². The third-order valence-corrected chi connectivity index (χ3v) is 10.9. The average Bonchev–Trinajstić information content (AvgIpc) is 3.99. The Hall–Kier alpha value is -7.57. The topological polar surface area (TPSA) is 60.5 Å². The lowest BCUT2D eigenvalue weighted by atomic mass is 10.00. The fraction of sp³-hybridized carbons (Fsp3) is 0. The van der Waals surface area contributed by atoms with Crippen LogP contribution >= 0.6 is 0 Å². The van der Waals surface area contributed by atoms with Crippen molar-refractivity contribution in [2.24, 2.45) is 0 Å². The van der Waals surface area contributed by atoms with Crippen molar-refractivity contribution < 1.29 is 8.83 Å². The molecule has 0 bridgehead atoms. The molecule has 258 valence electrons. The number of aromatic nitrogens is 3. The lowest BCUT2D eigenvalue weighted by Gasteiger charge is -2.13. The molecule has 0 spiro atoms. The van der Waals surface area contributed by atoms with Gasteiger partial charge < -0.3 is 14.2 Å². The van der Waals surface area contributed by atoms with Gasteiger partial charge in [-0.25, -0.2) is 4.98 Å². The van der Waals surface area contributed by atoms with E-state index in [0.29, 0.717) is 0 Å². The Morgan fingerprint density at radius 2 is 1.07 bits per heavy atom.